The Labute approximate surface area is 314 Å². The summed E-state index contributed by atoms with van der Waals surface area (Å²) in [6.45, 7) is -1.10. The predicted molar refractivity (Wildman–Crippen MR) is 200 cm³/mol. The molecular formula is C39H38Cl2F2N6O4. The maximum Gasteiger partial charge on any atom is 0.346 e. The van der Waals surface area contributed by atoms with Crippen LogP contribution in [0.1, 0.15) is 47.9 Å². The molecule has 4 heterocycles. The second-order valence-corrected chi connectivity index (χ2v) is 14.3. The number of nitrogens with zero attached hydrogens (tertiary/aromatic N) is 2. The molecule has 53 heavy (non-hydrogen) atoms. The molecule has 4 atom stereocenters. The zero-order chi connectivity index (χ0) is 37.1. The van der Waals surface area contributed by atoms with Gasteiger partial charge in [-0.3, -0.25) is 18.8 Å². The van der Waals surface area contributed by atoms with E-state index in [1.165, 1.54) is 10.5 Å². The molecule has 4 N–H and O–H groups in total. The Balaban J connectivity index is 1.10. The van der Waals surface area contributed by atoms with Crippen LogP contribution in [0.5, 0.6) is 0 Å². The van der Waals surface area contributed by atoms with Gasteiger partial charge < -0.3 is 26.0 Å². The van der Waals surface area contributed by atoms with Gasteiger partial charge in [-0.15, -0.1) is 11.6 Å². The molecule has 2 aliphatic heterocycles. The number of carbonyl (C=O) groups is 2. The minimum absolute atomic E-state index is 0.0363. The highest BCUT2D eigenvalue weighted by Crippen LogP contribution is 2.47. The molecule has 0 saturated carbocycles. The van der Waals surface area contributed by atoms with E-state index in [1.807, 2.05) is 18.2 Å². The molecular weight excluding hydrogens is 725 g/mol. The molecule has 2 fully saturated rings. The van der Waals surface area contributed by atoms with Crippen LogP contribution in [0.2, 0.25) is 5.02 Å². The second kappa shape index (κ2) is 15.9. The van der Waals surface area contributed by atoms with E-state index in [0.717, 1.165) is 18.4 Å². The third kappa shape index (κ3) is 7.92. The topological polar surface area (TPSA) is 126 Å². The number of carbonyl (C=O) groups excluding carboxylic acids is 2. The maximum absolute atomic E-state index is 14.1. The van der Waals surface area contributed by atoms with Crippen LogP contribution < -0.4 is 26.8 Å². The van der Waals surface area contributed by atoms with Crippen molar-refractivity contribution in [1.82, 2.24) is 30.7 Å². The molecule has 0 radical (unpaired) electrons. The number of benzene rings is 2. The normalized spacial score (nSPS) is 22.7. The quantitative estimate of drug-likeness (QED) is 0.134. The van der Waals surface area contributed by atoms with Gasteiger partial charge in [0.15, 0.2) is 0 Å². The van der Waals surface area contributed by atoms with Crippen molar-refractivity contribution in [1.29, 1.82) is 0 Å². The fourth-order valence-electron chi connectivity index (χ4n) is 7.17. The van der Waals surface area contributed by atoms with Gasteiger partial charge in [-0.2, -0.15) is 8.78 Å². The van der Waals surface area contributed by atoms with Crippen LogP contribution in [-0.4, -0.2) is 58.4 Å². The first-order valence-electron chi connectivity index (χ1n) is 17.5. The number of aromatic nitrogens is 2. The lowest BCUT2D eigenvalue weighted by atomic mass is 9.80. The summed E-state index contributed by atoms with van der Waals surface area (Å²) in [6.07, 6.45) is 10.7. The molecule has 2 amide bonds. The molecule has 2 unspecified atom stereocenters. The average molecular weight is 764 g/mol. The van der Waals surface area contributed by atoms with Gasteiger partial charge in [0.2, 0.25) is 11.8 Å². The third-order valence-electron chi connectivity index (χ3n) is 9.96. The number of pyridine rings is 1. The zero-order valence-corrected chi connectivity index (χ0v) is 30.1. The number of hydrogen-bond acceptors (Lipinski definition) is 7. The van der Waals surface area contributed by atoms with Gasteiger partial charge in [-0.25, -0.2) is 4.98 Å². The fourth-order valence-corrected chi connectivity index (χ4v) is 7.96. The lowest BCUT2D eigenvalue weighted by Crippen LogP contribution is -2.41. The molecule has 4 aromatic rings. The molecule has 0 spiro atoms. The third-order valence-corrected chi connectivity index (χ3v) is 10.9. The standard InChI is InChI=1S/C39H38Cl2F2N6O4/c40-35-29(24-14-16-49-32(17-24)46-20-25(37(49)52)19-45-22-28-11-13-34(51)48-28)3-1-4-30(35)31-5-2-15-39(36(31)41,53-38(42)43)26-8-6-23(7-9-26)18-44-21-27-10-12-33(50)47-27/h1-9,14-17,20,27-28,36,38,44-45H,10-13,18-19,21-22H2,(H,47,50)(H,48,51)/t27-,28-,36?,39?/m1/s1. The van der Waals surface area contributed by atoms with Crippen molar-refractivity contribution in [2.45, 2.75) is 68.4 Å². The summed E-state index contributed by atoms with van der Waals surface area (Å²) in [5, 5.41) is 11.7. The summed E-state index contributed by atoms with van der Waals surface area (Å²) >= 11 is 14.2. The van der Waals surface area contributed by atoms with Crippen molar-refractivity contribution in [2.24, 2.45) is 0 Å². The summed E-state index contributed by atoms with van der Waals surface area (Å²) in [5.74, 6) is 0.0917. The minimum Gasteiger partial charge on any atom is -0.352 e. The van der Waals surface area contributed by atoms with Gasteiger partial charge >= 0.3 is 6.61 Å². The maximum atomic E-state index is 14.1. The molecule has 10 nitrogen and oxygen atoms in total. The number of allylic oxidation sites excluding steroid dienone is 2. The Morgan fingerprint density at radius 2 is 1.62 bits per heavy atom. The lowest BCUT2D eigenvalue weighted by Gasteiger charge is -2.38. The highest BCUT2D eigenvalue weighted by Gasteiger charge is 2.45. The molecule has 3 aliphatic rings. The fraction of sp³-hybridized carbons (Fsp3) is 0.333. The second-order valence-electron chi connectivity index (χ2n) is 13.5. The Morgan fingerprint density at radius 3 is 2.28 bits per heavy atom. The van der Waals surface area contributed by atoms with Crippen LogP contribution in [0.4, 0.5) is 8.78 Å². The van der Waals surface area contributed by atoms with E-state index in [9.17, 15) is 23.2 Å². The van der Waals surface area contributed by atoms with Crippen LogP contribution in [0, 0.1) is 0 Å². The van der Waals surface area contributed by atoms with Crippen molar-refractivity contribution >= 4 is 46.2 Å². The number of amides is 2. The Kier molecular flexibility index (Phi) is 11.0. The van der Waals surface area contributed by atoms with Crippen molar-refractivity contribution in [3.63, 3.8) is 0 Å². The van der Waals surface area contributed by atoms with Crippen molar-refractivity contribution in [2.75, 3.05) is 13.1 Å². The van der Waals surface area contributed by atoms with Gasteiger partial charge in [-0.1, -0.05) is 66.2 Å². The molecule has 2 saturated heterocycles. The van der Waals surface area contributed by atoms with Crippen molar-refractivity contribution in [3.8, 4) is 11.1 Å². The van der Waals surface area contributed by atoms with Gasteiger partial charge in [0.25, 0.3) is 5.56 Å². The van der Waals surface area contributed by atoms with Gasteiger partial charge in [0.1, 0.15) is 11.2 Å². The van der Waals surface area contributed by atoms with E-state index in [0.29, 0.717) is 83.1 Å². The van der Waals surface area contributed by atoms with E-state index >= 15 is 0 Å². The van der Waals surface area contributed by atoms with Crippen LogP contribution in [0.3, 0.4) is 0 Å². The first kappa shape index (κ1) is 36.9. The largest absolute Gasteiger partial charge is 0.352 e. The minimum atomic E-state index is -3.12. The lowest BCUT2D eigenvalue weighted by molar-refractivity contribution is -0.193. The van der Waals surface area contributed by atoms with Crippen LogP contribution >= 0.6 is 23.2 Å². The number of alkyl halides is 3. The molecule has 2 aromatic heterocycles. The van der Waals surface area contributed by atoms with E-state index in [-0.39, 0.29) is 29.5 Å². The van der Waals surface area contributed by atoms with E-state index in [1.54, 1.807) is 60.9 Å². The SMILES string of the molecule is O=C1CC[C@H](CNCc2ccc(C3(OC(F)F)C=CC=C(c4cccc(-c5ccn6c(=O)c(CNC[C@H]7CCC(=O)N7)cnc6c5)c4Cl)C3Cl)cc2)N1. The summed E-state index contributed by atoms with van der Waals surface area (Å²) in [6, 6.07) is 16.2. The molecule has 7 rings (SSSR count). The Hall–Kier alpha value is -4.46. The first-order valence-corrected chi connectivity index (χ1v) is 18.3. The van der Waals surface area contributed by atoms with Gasteiger partial charge in [-0.05, 0) is 58.9 Å². The summed E-state index contributed by atoms with van der Waals surface area (Å²) in [7, 11) is 0. The smallest absolute Gasteiger partial charge is 0.346 e. The number of nitrogens with one attached hydrogen (secondary N) is 4. The first-order chi connectivity index (χ1) is 25.6. The predicted octanol–water partition coefficient (Wildman–Crippen LogP) is 5.45. The number of rotatable bonds is 13. The molecule has 276 valence electrons. The number of halogens is 4. The van der Waals surface area contributed by atoms with E-state index < -0.39 is 17.6 Å². The number of ether oxygens (including phenoxy) is 1. The highest BCUT2D eigenvalue weighted by molar-refractivity contribution is 6.36. The number of hydrogen-bond donors (Lipinski definition) is 4. The molecule has 0 bridgehead atoms. The summed E-state index contributed by atoms with van der Waals surface area (Å²) < 4.78 is 35.0. The monoisotopic (exact) mass is 762 g/mol. The summed E-state index contributed by atoms with van der Waals surface area (Å²) in [5.41, 5.74) is 2.74. The molecule has 2 aromatic carbocycles. The van der Waals surface area contributed by atoms with Crippen LogP contribution in [-0.2, 0) is 33.0 Å². The zero-order valence-electron chi connectivity index (χ0n) is 28.6. The van der Waals surface area contributed by atoms with Crippen LogP contribution in [0.25, 0.3) is 22.3 Å². The van der Waals surface area contributed by atoms with E-state index in [2.05, 4.69) is 26.3 Å². The van der Waals surface area contributed by atoms with E-state index in [4.69, 9.17) is 27.9 Å². The molecule has 14 heteroatoms. The van der Waals surface area contributed by atoms with Crippen molar-refractivity contribution < 1.29 is 23.1 Å². The van der Waals surface area contributed by atoms with Crippen LogP contribution in [0.15, 0.2) is 90.0 Å². The molecule has 1 aliphatic carbocycles. The highest BCUT2D eigenvalue weighted by atomic mass is 35.5. The summed E-state index contributed by atoms with van der Waals surface area (Å²) in [4.78, 5) is 40.8. The number of fused-ring (bicyclic) bond motifs is 1. The van der Waals surface area contributed by atoms with Gasteiger partial charge in [0.05, 0.1) is 10.4 Å². The average Bonchev–Trinajstić information content (AvgIpc) is 3.77. The Morgan fingerprint density at radius 1 is 0.943 bits per heavy atom. The van der Waals surface area contributed by atoms with Gasteiger partial charge in [0, 0.05) is 74.6 Å². The van der Waals surface area contributed by atoms with Crippen molar-refractivity contribution in [3.05, 3.63) is 123 Å². The Bertz CT molecular complexity index is 2140.